The first-order valence-corrected chi connectivity index (χ1v) is 6.83. The molecule has 3 heteroatoms. The molecule has 3 nitrogen and oxygen atoms in total. The third kappa shape index (κ3) is 2.98. The second-order valence-electron chi connectivity index (χ2n) is 5.59. The van der Waals surface area contributed by atoms with Gasteiger partial charge in [-0.05, 0) is 37.5 Å². The summed E-state index contributed by atoms with van der Waals surface area (Å²) in [5.74, 6) is 0.618. The molecule has 1 aromatic heterocycles. The van der Waals surface area contributed by atoms with E-state index in [0.717, 1.165) is 29.6 Å². The van der Waals surface area contributed by atoms with E-state index in [0.29, 0.717) is 5.92 Å². The van der Waals surface area contributed by atoms with Gasteiger partial charge in [-0.15, -0.1) is 0 Å². The maximum Gasteiger partial charge on any atom is 0.267 e. The fraction of sp³-hybridized carbons (Fsp3) is 0.438. The summed E-state index contributed by atoms with van der Waals surface area (Å²) in [7, 11) is 1.94. The number of rotatable bonds is 4. The second-order valence-corrected chi connectivity index (χ2v) is 5.59. The van der Waals surface area contributed by atoms with Crippen molar-refractivity contribution >= 4 is 16.8 Å². The Morgan fingerprint density at radius 1 is 1.32 bits per heavy atom. The smallest absolute Gasteiger partial charge is 0.267 e. The molecule has 0 saturated carbocycles. The predicted octanol–water partition coefficient (Wildman–Crippen LogP) is 3.26. The van der Waals surface area contributed by atoms with Gasteiger partial charge in [0.05, 0.1) is 0 Å². The number of carbonyl (C=O) groups is 1. The number of hydrogen-bond donors (Lipinski definition) is 1. The van der Waals surface area contributed by atoms with E-state index in [-0.39, 0.29) is 5.91 Å². The van der Waals surface area contributed by atoms with E-state index in [9.17, 15) is 4.79 Å². The number of benzene rings is 1. The highest BCUT2D eigenvalue weighted by atomic mass is 16.1. The van der Waals surface area contributed by atoms with Crippen LogP contribution in [0.1, 0.15) is 36.3 Å². The van der Waals surface area contributed by atoms with Crippen LogP contribution in [0.15, 0.2) is 24.3 Å². The van der Waals surface area contributed by atoms with Crippen molar-refractivity contribution in [1.29, 1.82) is 0 Å². The van der Waals surface area contributed by atoms with Crippen molar-refractivity contribution < 1.29 is 4.79 Å². The Kier molecular flexibility index (Phi) is 3.93. The Morgan fingerprint density at radius 2 is 2.05 bits per heavy atom. The van der Waals surface area contributed by atoms with E-state index >= 15 is 0 Å². The fourth-order valence-electron chi connectivity index (χ4n) is 2.25. The van der Waals surface area contributed by atoms with Crippen LogP contribution in [0, 0.1) is 12.8 Å². The van der Waals surface area contributed by atoms with Gasteiger partial charge >= 0.3 is 0 Å². The topological polar surface area (TPSA) is 34.0 Å². The van der Waals surface area contributed by atoms with Gasteiger partial charge in [0.1, 0.15) is 5.69 Å². The number of hydrogen-bond acceptors (Lipinski definition) is 1. The summed E-state index contributed by atoms with van der Waals surface area (Å²) in [5.41, 5.74) is 3.04. The summed E-state index contributed by atoms with van der Waals surface area (Å²) < 4.78 is 1.96. The first kappa shape index (κ1) is 13.7. The summed E-state index contributed by atoms with van der Waals surface area (Å²) in [5, 5.41) is 4.11. The maximum absolute atomic E-state index is 12.2. The summed E-state index contributed by atoms with van der Waals surface area (Å²) in [6.07, 6.45) is 1.01. The molecule has 2 rings (SSSR count). The van der Waals surface area contributed by atoms with Gasteiger partial charge in [-0.25, -0.2) is 0 Å². The Labute approximate surface area is 114 Å². The number of amides is 1. The van der Waals surface area contributed by atoms with Gasteiger partial charge < -0.3 is 9.88 Å². The quantitative estimate of drug-likeness (QED) is 0.897. The van der Waals surface area contributed by atoms with Crippen molar-refractivity contribution in [1.82, 2.24) is 9.88 Å². The van der Waals surface area contributed by atoms with Crippen molar-refractivity contribution in [3.05, 3.63) is 35.5 Å². The van der Waals surface area contributed by atoms with Gasteiger partial charge in [-0.2, -0.15) is 0 Å². The fourth-order valence-corrected chi connectivity index (χ4v) is 2.25. The molecule has 19 heavy (non-hydrogen) atoms. The highest BCUT2D eigenvalue weighted by Crippen LogP contribution is 2.20. The summed E-state index contributed by atoms with van der Waals surface area (Å²) in [6, 6.07) is 8.21. The van der Waals surface area contributed by atoms with Crippen LogP contribution in [0.25, 0.3) is 10.9 Å². The summed E-state index contributed by atoms with van der Waals surface area (Å²) >= 11 is 0. The standard InChI is InChI=1S/C16H22N2O/c1-11(2)7-8-17-16(19)15-10-13-9-12(3)5-6-14(13)18(15)4/h5-6,9-11H,7-8H2,1-4H3,(H,17,19). The number of carbonyl (C=O) groups excluding carboxylic acids is 1. The van der Waals surface area contributed by atoms with Crippen LogP contribution in [0.5, 0.6) is 0 Å². The van der Waals surface area contributed by atoms with E-state index in [2.05, 4.69) is 44.3 Å². The van der Waals surface area contributed by atoms with Crippen LogP contribution < -0.4 is 5.32 Å². The number of fused-ring (bicyclic) bond motifs is 1. The molecule has 1 heterocycles. The molecule has 0 aliphatic carbocycles. The monoisotopic (exact) mass is 258 g/mol. The molecule has 0 radical (unpaired) electrons. The minimum atomic E-state index is 0.0111. The predicted molar refractivity (Wildman–Crippen MR) is 79.4 cm³/mol. The molecule has 0 aliphatic rings. The molecule has 102 valence electrons. The van der Waals surface area contributed by atoms with Crippen molar-refractivity contribution in [3.63, 3.8) is 0 Å². The van der Waals surface area contributed by atoms with Crippen LogP contribution >= 0.6 is 0 Å². The molecule has 0 bridgehead atoms. The van der Waals surface area contributed by atoms with Crippen molar-refractivity contribution in [2.24, 2.45) is 13.0 Å². The van der Waals surface area contributed by atoms with Crippen molar-refractivity contribution in [2.75, 3.05) is 6.54 Å². The minimum Gasteiger partial charge on any atom is -0.351 e. The second kappa shape index (κ2) is 5.47. The SMILES string of the molecule is Cc1ccc2c(c1)cc(C(=O)NCCC(C)C)n2C. The lowest BCUT2D eigenvalue weighted by Crippen LogP contribution is -2.27. The molecule has 0 saturated heterocycles. The highest BCUT2D eigenvalue weighted by molar-refractivity contribution is 5.98. The number of aromatic nitrogens is 1. The van der Waals surface area contributed by atoms with E-state index in [1.54, 1.807) is 0 Å². The van der Waals surface area contributed by atoms with Crippen molar-refractivity contribution in [2.45, 2.75) is 27.2 Å². The largest absolute Gasteiger partial charge is 0.351 e. The molecule has 0 spiro atoms. The average molecular weight is 258 g/mol. The summed E-state index contributed by atoms with van der Waals surface area (Å²) in [6.45, 7) is 7.11. The Balaban J connectivity index is 2.20. The maximum atomic E-state index is 12.2. The van der Waals surface area contributed by atoms with Crippen LogP contribution in [0.2, 0.25) is 0 Å². The third-order valence-corrected chi connectivity index (χ3v) is 3.44. The number of nitrogens with zero attached hydrogens (tertiary/aromatic N) is 1. The lowest BCUT2D eigenvalue weighted by Gasteiger charge is -2.08. The Hall–Kier alpha value is -1.77. The number of aryl methyl sites for hydroxylation is 2. The van der Waals surface area contributed by atoms with E-state index in [1.165, 1.54) is 5.56 Å². The van der Waals surface area contributed by atoms with Gasteiger partial charge in [-0.1, -0.05) is 25.5 Å². The van der Waals surface area contributed by atoms with Crippen LogP contribution in [-0.2, 0) is 7.05 Å². The zero-order valence-electron chi connectivity index (χ0n) is 12.2. The molecule has 0 fully saturated rings. The highest BCUT2D eigenvalue weighted by Gasteiger charge is 2.12. The molecule has 1 N–H and O–H groups in total. The van der Waals surface area contributed by atoms with Gasteiger partial charge in [0.2, 0.25) is 0 Å². The zero-order chi connectivity index (χ0) is 14.0. The first-order valence-electron chi connectivity index (χ1n) is 6.83. The van der Waals surface area contributed by atoms with E-state index < -0.39 is 0 Å². The van der Waals surface area contributed by atoms with Gasteiger partial charge in [0.25, 0.3) is 5.91 Å². The molecular weight excluding hydrogens is 236 g/mol. The first-order chi connectivity index (χ1) is 8.99. The third-order valence-electron chi connectivity index (χ3n) is 3.44. The van der Waals surface area contributed by atoms with Crippen LogP contribution in [-0.4, -0.2) is 17.0 Å². The van der Waals surface area contributed by atoms with Crippen molar-refractivity contribution in [3.8, 4) is 0 Å². The van der Waals surface area contributed by atoms with Gasteiger partial charge in [0, 0.05) is 24.5 Å². The lowest BCUT2D eigenvalue weighted by atomic mass is 10.1. The molecule has 0 unspecified atom stereocenters. The van der Waals surface area contributed by atoms with Gasteiger partial charge in [-0.3, -0.25) is 4.79 Å². The van der Waals surface area contributed by atoms with Crippen LogP contribution in [0.4, 0.5) is 0 Å². The van der Waals surface area contributed by atoms with E-state index in [1.807, 2.05) is 17.7 Å². The molecule has 2 aromatic rings. The van der Waals surface area contributed by atoms with E-state index in [4.69, 9.17) is 0 Å². The lowest BCUT2D eigenvalue weighted by molar-refractivity contribution is 0.0944. The zero-order valence-corrected chi connectivity index (χ0v) is 12.2. The average Bonchev–Trinajstić information content (AvgIpc) is 2.65. The molecule has 0 atom stereocenters. The van der Waals surface area contributed by atoms with Crippen LogP contribution in [0.3, 0.4) is 0 Å². The molecule has 1 amide bonds. The Bertz CT molecular complexity index is 596. The molecule has 0 aliphatic heterocycles. The summed E-state index contributed by atoms with van der Waals surface area (Å²) in [4.78, 5) is 12.2. The Morgan fingerprint density at radius 3 is 2.74 bits per heavy atom. The minimum absolute atomic E-state index is 0.0111. The molecule has 1 aromatic carbocycles. The number of nitrogens with one attached hydrogen (secondary N) is 1. The normalized spacial score (nSPS) is 11.2. The molecular formula is C16H22N2O. The van der Waals surface area contributed by atoms with Gasteiger partial charge in [0.15, 0.2) is 0 Å².